The van der Waals surface area contributed by atoms with E-state index >= 15 is 0 Å². The molecule has 1 N–H and O–H groups in total. The molecule has 7 heteroatoms. The van der Waals surface area contributed by atoms with Crippen LogP contribution in [0.2, 0.25) is 10.0 Å². The molecule has 3 aromatic rings. The van der Waals surface area contributed by atoms with Gasteiger partial charge in [0.2, 0.25) is 0 Å². The monoisotopic (exact) mass is 556 g/mol. The summed E-state index contributed by atoms with van der Waals surface area (Å²) in [5.41, 5.74) is 2.58. The number of piperidine rings is 1. The normalized spacial score (nSPS) is 21.9. The SMILES string of the molecule is O=C(c1ccc(Cl)cc1Cl)N1CC(CN2CCC(O)(CCCc3ccccc3)CC2)C(c2ccsc2)C1. The van der Waals surface area contributed by atoms with Crippen LogP contribution in [-0.4, -0.2) is 59.1 Å². The molecule has 0 radical (unpaired) electrons. The van der Waals surface area contributed by atoms with Crippen molar-refractivity contribution in [3.8, 4) is 0 Å². The highest BCUT2D eigenvalue weighted by Crippen LogP contribution is 2.37. The molecule has 0 bridgehead atoms. The van der Waals surface area contributed by atoms with Gasteiger partial charge in [-0.25, -0.2) is 0 Å². The average Bonchev–Trinajstić information content (AvgIpc) is 3.56. The summed E-state index contributed by atoms with van der Waals surface area (Å²) in [6.45, 7) is 4.11. The highest BCUT2D eigenvalue weighted by atomic mass is 35.5. The summed E-state index contributed by atoms with van der Waals surface area (Å²) in [5.74, 6) is 0.609. The summed E-state index contributed by atoms with van der Waals surface area (Å²) in [4.78, 5) is 17.8. The zero-order valence-corrected chi connectivity index (χ0v) is 23.3. The number of carbonyl (C=O) groups excluding carboxylic acids is 1. The van der Waals surface area contributed by atoms with E-state index < -0.39 is 5.60 Å². The molecule has 2 atom stereocenters. The Labute approximate surface area is 233 Å². The first-order valence-corrected chi connectivity index (χ1v) is 14.9. The average molecular weight is 558 g/mol. The number of nitrogens with zero attached hydrogens (tertiary/aromatic N) is 2. The molecule has 2 unspecified atom stereocenters. The molecule has 0 aliphatic carbocycles. The van der Waals surface area contributed by atoms with E-state index in [2.05, 4.69) is 46.0 Å². The lowest BCUT2D eigenvalue weighted by Gasteiger charge is -2.39. The molecule has 3 heterocycles. The summed E-state index contributed by atoms with van der Waals surface area (Å²) >= 11 is 14.1. The molecule has 0 spiro atoms. The number of rotatable bonds is 8. The number of hydrogen-bond acceptors (Lipinski definition) is 4. The number of aliphatic hydroxyl groups is 1. The van der Waals surface area contributed by atoms with Crippen molar-refractivity contribution in [3.05, 3.63) is 92.1 Å². The second-order valence-electron chi connectivity index (χ2n) is 10.6. The Morgan fingerprint density at radius 3 is 2.54 bits per heavy atom. The molecule has 2 aliphatic heterocycles. The van der Waals surface area contributed by atoms with E-state index in [0.717, 1.165) is 51.7 Å². The Bertz CT molecular complexity index is 1180. The van der Waals surface area contributed by atoms with Crippen LogP contribution in [0, 0.1) is 5.92 Å². The van der Waals surface area contributed by atoms with Crippen molar-refractivity contribution in [2.45, 2.75) is 43.6 Å². The molecular weight excluding hydrogens is 523 g/mol. The van der Waals surface area contributed by atoms with Gasteiger partial charge in [0.15, 0.2) is 0 Å². The summed E-state index contributed by atoms with van der Waals surface area (Å²) in [7, 11) is 0. The molecule has 37 heavy (non-hydrogen) atoms. The highest BCUT2D eigenvalue weighted by molar-refractivity contribution is 7.08. The third-order valence-electron chi connectivity index (χ3n) is 8.09. The maximum atomic E-state index is 13.4. The van der Waals surface area contributed by atoms with Crippen molar-refractivity contribution >= 4 is 40.4 Å². The molecule has 0 saturated carbocycles. The van der Waals surface area contributed by atoms with Gasteiger partial charge in [0.05, 0.1) is 16.2 Å². The molecule has 1 amide bonds. The number of aryl methyl sites for hydroxylation is 1. The largest absolute Gasteiger partial charge is 0.390 e. The number of amides is 1. The van der Waals surface area contributed by atoms with Crippen LogP contribution in [0.1, 0.15) is 53.1 Å². The topological polar surface area (TPSA) is 43.8 Å². The number of benzene rings is 2. The van der Waals surface area contributed by atoms with Crippen molar-refractivity contribution in [1.29, 1.82) is 0 Å². The second-order valence-corrected chi connectivity index (χ2v) is 12.2. The fourth-order valence-electron chi connectivity index (χ4n) is 5.92. The Morgan fingerprint density at radius 1 is 1.05 bits per heavy atom. The quantitative estimate of drug-likeness (QED) is 0.333. The lowest BCUT2D eigenvalue weighted by Crippen LogP contribution is -2.46. The first kappa shape index (κ1) is 26.7. The van der Waals surface area contributed by atoms with Crippen LogP contribution >= 0.6 is 34.5 Å². The van der Waals surface area contributed by atoms with Crippen LogP contribution in [0.4, 0.5) is 0 Å². The molecule has 2 aliphatic rings. The van der Waals surface area contributed by atoms with Crippen molar-refractivity contribution in [1.82, 2.24) is 9.80 Å². The molecule has 4 nitrogen and oxygen atoms in total. The van der Waals surface area contributed by atoms with Gasteiger partial charge in [0.25, 0.3) is 5.91 Å². The molecule has 2 fully saturated rings. The van der Waals surface area contributed by atoms with Gasteiger partial charge in [-0.2, -0.15) is 11.3 Å². The molecule has 196 valence electrons. The zero-order valence-electron chi connectivity index (χ0n) is 21.0. The highest BCUT2D eigenvalue weighted by Gasteiger charge is 2.39. The van der Waals surface area contributed by atoms with Crippen LogP contribution in [0.25, 0.3) is 0 Å². The standard InChI is InChI=1S/C30H34Cl2N2O2S/c31-25-8-9-26(28(32)17-25)29(35)34-19-24(27(20-34)23-10-16-37-21-23)18-33-14-12-30(36,13-15-33)11-4-7-22-5-2-1-3-6-22/h1-3,5-6,8-10,16-17,21,24,27,36H,4,7,11-15,18-20H2. The summed E-state index contributed by atoms with van der Waals surface area (Å²) in [5, 5.41) is 16.5. The first-order chi connectivity index (χ1) is 17.9. The summed E-state index contributed by atoms with van der Waals surface area (Å²) < 4.78 is 0. The van der Waals surface area contributed by atoms with Crippen LogP contribution in [-0.2, 0) is 6.42 Å². The van der Waals surface area contributed by atoms with E-state index in [1.54, 1.807) is 29.5 Å². The second kappa shape index (κ2) is 11.9. The Hall–Kier alpha value is -1.89. The van der Waals surface area contributed by atoms with Gasteiger partial charge in [-0.05, 0) is 84.2 Å². The summed E-state index contributed by atoms with van der Waals surface area (Å²) in [6, 6.07) is 17.8. The van der Waals surface area contributed by atoms with Crippen molar-refractivity contribution < 1.29 is 9.90 Å². The number of thiophene rings is 1. The van der Waals surface area contributed by atoms with E-state index in [9.17, 15) is 9.90 Å². The Kier molecular flexibility index (Phi) is 8.57. The van der Waals surface area contributed by atoms with Crippen molar-refractivity contribution in [3.63, 3.8) is 0 Å². The number of carbonyl (C=O) groups is 1. The van der Waals surface area contributed by atoms with Crippen LogP contribution < -0.4 is 0 Å². The van der Waals surface area contributed by atoms with Crippen LogP contribution in [0.5, 0.6) is 0 Å². The fourth-order valence-corrected chi connectivity index (χ4v) is 7.13. The van der Waals surface area contributed by atoms with Gasteiger partial charge in [0.1, 0.15) is 0 Å². The minimum Gasteiger partial charge on any atom is -0.390 e. The first-order valence-electron chi connectivity index (χ1n) is 13.2. The van der Waals surface area contributed by atoms with E-state index in [1.165, 1.54) is 11.1 Å². The zero-order chi connectivity index (χ0) is 25.8. The Balaban J connectivity index is 1.19. The maximum Gasteiger partial charge on any atom is 0.255 e. The summed E-state index contributed by atoms with van der Waals surface area (Å²) in [6.07, 6.45) is 4.48. The van der Waals surface area contributed by atoms with Crippen molar-refractivity contribution in [2.75, 3.05) is 32.7 Å². The smallest absolute Gasteiger partial charge is 0.255 e. The van der Waals surface area contributed by atoms with Gasteiger partial charge in [0, 0.05) is 43.7 Å². The van der Waals surface area contributed by atoms with Gasteiger partial charge in [-0.3, -0.25) is 4.79 Å². The lowest BCUT2D eigenvalue weighted by molar-refractivity contribution is -0.0315. The van der Waals surface area contributed by atoms with Gasteiger partial charge >= 0.3 is 0 Å². The van der Waals surface area contributed by atoms with Crippen molar-refractivity contribution in [2.24, 2.45) is 5.92 Å². The van der Waals surface area contributed by atoms with Gasteiger partial charge in [-0.15, -0.1) is 0 Å². The molecular formula is C30H34Cl2N2O2S. The Morgan fingerprint density at radius 2 is 1.84 bits per heavy atom. The minimum absolute atomic E-state index is 0.0316. The lowest BCUT2D eigenvalue weighted by atomic mass is 9.84. The molecule has 5 rings (SSSR count). The third kappa shape index (κ3) is 6.58. The predicted molar refractivity (Wildman–Crippen MR) is 153 cm³/mol. The van der Waals surface area contributed by atoms with Gasteiger partial charge in [-0.1, -0.05) is 53.5 Å². The van der Waals surface area contributed by atoms with E-state index in [4.69, 9.17) is 23.2 Å². The minimum atomic E-state index is -0.568. The van der Waals surface area contributed by atoms with E-state index in [-0.39, 0.29) is 5.91 Å². The fraction of sp³-hybridized carbons (Fsp3) is 0.433. The number of hydrogen-bond donors (Lipinski definition) is 1. The van der Waals surface area contributed by atoms with Crippen LogP contribution in [0.15, 0.2) is 65.4 Å². The van der Waals surface area contributed by atoms with E-state index in [1.807, 2.05) is 11.0 Å². The van der Waals surface area contributed by atoms with Gasteiger partial charge < -0.3 is 14.9 Å². The molecule has 2 aromatic carbocycles. The van der Waals surface area contributed by atoms with Crippen LogP contribution in [0.3, 0.4) is 0 Å². The molecule has 1 aromatic heterocycles. The maximum absolute atomic E-state index is 13.4. The number of halogens is 2. The predicted octanol–water partition coefficient (Wildman–Crippen LogP) is 6.76. The van der Waals surface area contributed by atoms with E-state index in [0.29, 0.717) is 40.5 Å². The molecule has 2 saturated heterocycles. The third-order valence-corrected chi connectivity index (χ3v) is 9.34. The number of likely N-dealkylation sites (tertiary alicyclic amines) is 2.